The number of aromatic nitrogens is 4. The average molecular weight is 612 g/mol. The Labute approximate surface area is 261 Å². The van der Waals surface area contributed by atoms with E-state index in [0.717, 1.165) is 47.5 Å². The quantitative estimate of drug-likeness (QED) is 0.322. The van der Waals surface area contributed by atoms with Gasteiger partial charge in [-0.3, -0.25) is 19.5 Å². The zero-order valence-corrected chi connectivity index (χ0v) is 25.3. The van der Waals surface area contributed by atoms with E-state index in [0.29, 0.717) is 43.1 Å². The molecule has 12 heteroatoms. The Kier molecular flexibility index (Phi) is 9.09. The van der Waals surface area contributed by atoms with Crippen molar-refractivity contribution in [1.82, 2.24) is 35.3 Å². The number of ether oxygens (including phenoxy) is 2. The summed E-state index contributed by atoms with van der Waals surface area (Å²) in [4.78, 5) is 46.8. The maximum atomic E-state index is 13.8. The smallest absolute Gasteiger partial charge is 0.275 e. The first kappa shape index (κ1) is 29.9. The SMILES string of the molecule is COc1ccc2cc1OCCCN(C(=O)c1n[nH]c3c1CCC3)CC(=O)N[C@@H](Cc1ccccc1)C(=O)NCCn1ccnc1-2. The molecule has 4 aromatic rings. The predicted molar refractivity (Wildman–Crippen MR) is 166 cm³/mol. The highest BCUT2D eigenvalue weighted by atomic mass is 16.5. The van der Waals surface area contributed by atoms with Gasteiger partial charge >= 0.3 is 0 Å². The topological polar surface area (TPSA) is 143 Å². The third kappa shape index (κ3) is 6.84. The molecule has 12 nitrogen and oxygen atoms in total. The van der Waals surface area contributed by atoms with Crippen molar-refractivity contribution in [3.05, 3.63) is 83.4 Å². The summed E-state index contributed by atoms with van der Waals surface area (Å²) in [5.41, 5.74) is 3.98. The number of hydrogen-bond acceptors (Lipinski definition) is 7. The second-order valence-electron chi connectivity index (χ2n) is 11.2. The van der Waals surface area contributed by atoms with Crippen LogP contribution >= 0.6 is 0 Å². The van der Waals surface area contributed by atoms with Gasteiger partial charge in [-0.05, 0) is 49.4 Å². The van der Waals surface area contributed by atoms with Gasteiger partial charge in [0.25, 0.3) is 5.91 Å². The Morgan fingerprint density at radius 1 is 1.09 bits per heavy atom. The highest BCUT2D eigenvalue weighted by molar-refractivity contribution is 5.97. The summed E-state index contributed by atoms with van der Waals surface area (Å²) < 4.78 is 13.6. The van der Waals surface area contributed by atoms with Crippen LogP contribution < -0.4 is 20.1 Å². The van der Waals surface area contributed by atoms with Gasteiger partial charge in [-0.25, -0.2) is 4.98 Å². The zero-order chi connectivity index (χ0) is 31.2. The predicted octanol–water partition coefficient (Wildman–Crippen LogP) is 2.54. The van der Waals surface area contributed by atoms with Crippen LogP contribution in [-0.4, -0.2) is 81.8 Å². The van der Waals surface area contributed by atoms with Crippen LogP contribution in [0.15, 0.2) is 60.9 Å². The number of aromatic amines is 1. The van der Waals surface area contributed by atoms with Crippen LogP contribution in [0, 0.1) is 0 Å². The monoisotopic (exact) mass is 611 g/mol. The van der Waals surface area contributed by atoms with Crippen molar-refractivity contribution >= 4 is 17.7 Å². The maximum absolute atomic E-state index is 13.8. The molecule has 45 heavy (non-hydrogen) atoms. The van der Waals surface area contributed by atoms with Crippen LogP contribution in [0.5, 0.6) is 11.5 Å². The number of nitrogens with zero attached hydrogens (tertiary/aromatic N) is 4. The molecule has 1 atom stereocenters. The average Bonchev–Trinajstić information content (AvgIpc) is 3.80. The Hall–Kier alpha value is -5.13. The first-order chi connectivity index (χ1) is 22.0. The molecule has 2 aliphatic rings. The van der Waals surface area contributed by atoms with Gasteiger partial charge in [0.15, 0.2) is 17.2 Å². The number of fused-ring (bicyclic) bond motifs is 5. The fraction of sp³-hybridized carbons (Fsp3) is 0.364. The van der Waals surface area contributed by atoms with Crippen molar-refractivity contribution in [2.75, 3.05) is 33.4 Å². The molecule has 2 bridgehead atoms. The highest BCUT2D eigenvalue weighted by Gasteiger charge is 2.29. The lowest BCUT2D eigenvalue weighted by Gasteiger charge is -2.24. The van der Waals surface area contributed by atoms with Gasteiger partial charge in [0.05, 0.1) is 20.3 Å². The van der Waals surface area contributed by atoms with E-state index in [2.05, 4.69) is 25.8 Å². The molecule has 2 aromatic heterocycles. The molecule has 234 valence electrons. The molecule has 1 aliphatic carbocycles. The molecule has 1 aliphatic heterocycles. The number of hydrogen-bond donors (Lipinski definition) is 3. The Morgan fingerprint density at radius 3 is 2.80 bits per heavy atom. The summed E-state index contributed by atoms with van der Waals surface area (Å²) in [6.45, 7) is 1.08. The number of methoxy groups -OCH3 is 1. The van der Waals surface area contributed by atoms with Gasteiger partial charge < -0.3 is 29.6 Å². The third-order valence-corrected chi connectivity index (χ3v) is 8.18. The van der Waals surface area contributed by atoms with Gasteiger partial charge in [-0.1, -0.05) is 30.3 Å². The molecule has 6 rings (SSSR count). The molecule has 0 saturated carbocycles. The van der Waals surface area contributed by atoms with Gasteiger partial charge in [-0.15, -0.1) is 0 Å². The van der Waals surface area contributed by atoms with E-state index in [1.54, 1.807) is 13.3 Å². The number of benzene rings is 2. The van der Waals surface area contributed by atoms with Crippen LogP contribution in [0.3, 0.4) is 0 Å². The second-order valence-corrected chi connectivity index (χ2v) is 11.2. The van der Waals surface area contributed by atoms with E-state index in [9.17, 15) is 14.4 Å². The molecule has 0 spiro atoms. The van der Waals surface area contributed by atoms with Gasteiger partial charge in [0, 0.05) is 55.3 Å². The minimum atomic E-state index is -0.833. The molecule has 0 radical (unpaired) electrons. The van der Waals surface area contributed by atoms with E-state index in [-0.39, 0.29) is 31.5 Å². The highest BCUT2D eigenvalue weighted by Crippen LogP contribution is 2.32. The minimum absolute atomic E-state index is 0.226. The van der Waals surface area contributed by atoms with Crippen molar-refractivity contribution in [2.24, 2.45) is 0 Å². The summed E-state index contributed by atoms with van der Waals surface area (Å²) >= 11 is 0. The molecule has 2 aromatic carbocycles. The van der Waals surface area contributed by atoms with Gasteiger partial charge in [0.1, 0.15) is 11.9 Å². The zero-order valence-electron chi connectivity index (χ0n) is 25.3. The number of carbonyl (C=O) groups is 3. The second kappa shape index (κ2) is 13.7. The van der Waals surface area contributed by atoms with Crippen molar-refractivity contribution < 1.29 is 23.9 Å². The minimum Gasteiger partial charge on any atom is -0.493 e. The van der Waals surface area contributed by atoms with Crippen molar-refractivity contribution in [1.29, 1.82) is 0 Å². The normalized spacial score (nSPS) is 17.6. The van der Waals surface area contributed by atoms with E-state index in [4.69, 9.17) is 9.47 Å². The number of rotatable bonds is 4. The summed E-state index contributed by atoms with van der Waals surface area (Å²) in [7, 11) is 1.58. The standard InChI is InChI=1S/C33H37N7O5/c1-44-27-12-11-23-20-28(27)45-18-6-15-40(33(43)30-24-9-5-10-25(24)37-38-30)21-29(41)36-26(19-22-7-3-2-4-8-22)32(42)35-14-17-39-16-13-34-31(23)39/h2-4,7-8,11-13,16,20,26H,5-6,9-10,14-15,17-19,21H2,1H3,(H,35,42)(H,36,41)(H,37,38)/t26-/m0/s1. The van der Waals surface area contributed by atoms with Crippen molar-refractivity contribution in [3.63, 3.8) is 0 Å². The lowest BCUT2D eigenvalue weighted by molar-refractivity contribution is -0.129. The van der Waals surface area contributed by atoms with Crippen LogP contribution in [0.25, 0.3) is 11.4 Å². The van der Waals surface area contributed by atoms with Gasteiger partial charge in [0.2, 0.25) is 11.8 Å². The van der Waals surface area contributed by atoms with E-state index in [1.807, 2.05) is 59.3 Å². The van der Waals surface area contributed by atoms with Crippen molar-refractivity contribution in [3.8, 4) is 22.9 Å². The molecule has 0 saturated heterocycles. The van der Waals surface area contributed by atoms with Crippen molar-refractivity contribution in [2.45, 2.75) is 44.7 Å². The lowest BCUT2D eigenvalue weighted by Crippen LogP contribution is -2.51. The van der Waals surface area contributed by atoms with Crippen LogP contribution in [0.4, 0.5) is 0 Å². The van der Waals surface area contributed by atoms with Crippen LogP contribution in [0.2, 0.25) is 0 Å². The van der Waals surface area contributed by atoms with E-state index >= 15 is 0 Å². The molecule has 3 N–H and O–H groups in total. The maximum Gasteiger partial charge on any atom is 0.275 e. The van der Waals surface area contributed by atoms with Crippen LogP contribution in [0.1, 0.15) is 40.2 Å². The fourth-order valence-electron chi connectivity index (χ4n) is 5.91. The molecular formula is C33H37N7O5. The first-order valence-corrected chi connectivity index (χ1v) is 15.3. The molecule has 0 unspecified atom stereocenters. The lowest BCUT2D eigenvalue weighted by atomic mass is 10.1. The van der Waals surface area contributed by atoms with Crippen LogP contribution in [-0.2, 0) is 35.4 Å². The molecular weight excluding hydrogens is 574 g/mol. The molecule has 3 amide bonds. The molecule has 3 heterocycles. The Morgan fingerprint density at radius 2 is 1.96 bits per heavy atom. The number of nitrogens with one attached hydrogen (secondary N) is 3. The van der Waals surface area contributed by atoms with Gasteiger partial charge in [-0.2, -0.15) is 5.10 Å². The third-order valence-electron chi connectivity index (χ3n) is 8.18. The number of aryl methyl sites for hydroxylation is 1. The van der Waals surface area contributed by atoms with E-state index < -0.39 is 11.9 Å². The number of carbonyl (C=O) groups excluding carboxylic acids is 3. The first-order valence-electron chi connectivity index (χ1n) is 15.3. The van der Waals surface area contributed by atoms with E-state index in [1.165, 1.54) is 4.90 Å². The fourth-order valence-corrected chi connectivity index (χ4v) is 5.91. The summed E-state index contributed by atoms with van der Waals surface area (Å²) in [6, 6.07) is 14.3. The number of amides is 3. The molecule has 0 fully saturated rings. The number of H-pyrrole nitrogens is 1. The summed E-state index contributed by atoms with van der Waals surface area (Å²) in [5, 5.41) is 13.2. The Bertz CT molecular complexity index is 1660. The summed E-state index contributed by atoms with van der Waals surface area (Å²) in [6.07, 6.45) is 6.89. The Balaban J connectivity index is 1.29. The number of imidazole rings is 1. The largest absolute Gasteiger partial charge is 0.493 e. The summed E-state index contributed by atoms with van der Waals surface area (Å²) in [5.74, 6) is 0.772.